The molecule has 0 heterocycles. The number of amides is 1. The van der Waals surface area contributed by atoms with Gasteiger partial charge in [-0.3, -0.25) is 9.59 Å². The van der Waals surface area contributed by atoms with Crippen LogP contribution in [0.25, 0.3) is 0 Å². The Morgan fingerprint density at radius 1 is 1.24 bits per heavy atom. The Kier molecular flexibility index (Phi) is 8.40. The zero-order valence-electron chi connectivity index (χ0n) is 14.6. The van der Waals surface area contributed by atoms with Crippen molar-refractivity contribution in [1.29, 1.82) is 0 Å². The SMILES string of the molecule is COC(=O)[C@H](CC(C)C)NC(=O)COc1cc(C=O)c(Br)cc1OC. The predicted octanol–water partition coefficient (Wildman–Crippen LogP) is 2.35. The Bertz CT molecular complexity index is 632. The van der Waals surface area contributed by atoms with Crippen molar-refractivity contribution < 1.29 is 28.6 Å². The maximum absolute atomic E-state index is 12.1. The summed E-state index contributed by atoms with van der Waals surface area (Å²) in [4.78, 5) is 34.8. The molecule has 0 bridgehead atoms. The zero-order chi connectivity index (χ0) is 19.0. The molecule has 0 aliphatic rings. The van der Waals surface area contributed by atoms with Crippen molar-refractivity contribution in [3.8, 4) is 11.5 Å². The van der Waals surface area contributed by atoms with E-state index in [1.807, 2.05) is 13.8 Å². The van der Waals surface area contributed by atoms with Gasteiger partial charge in [0.15, 0.2) is 24.4 Å². The maximum atomic E-state index is 12.1. The van der Waals surface area contributed by atoms with E-state index in [-0.39, 0.29) is 18.3 Å². The summed E-state index contributed by atoms with van der Waals surface area (Å²) < 4.78 is 15.9. The van der Waals surface area contributed by atoms with Crippen molar-refractivity contribution in [2.45, 2.75) is 26.3 Å². The van der Waals surface area contributed by atoms with Crippen LogP contribution in [0.15, 0.2) is 16.6 Å². The van der Waals surface area contributed by atoms with Crippen LogP contribution < -0.4 is 14.8 Å². The number of carbonyl (C=O) groups is 3. The smallest absolute Gasteiger partial charge is 0.328 e. The topological polar surface area (TPSA) is 90.9 Å². The molecule has 1 rings (SSSR count). The molecule has 8 heteroatoms. The summed E-state index contributed by atoms with van der Waals surface area (Å²) in [5, 5.41) is 2.59. The minimum Gasteiger partial charge on any atom is -0.493 e. The van der Waals surface area contributed by atoms with E-state index in [2.05, 4.69) is 21.2 Å². The van der Waals surface area contributed by atoms with E-state index >= 15 is 0 Å². The number of halogens is 1. The van der Waals surface area contributed by atoms with Crippen molar-refractivity contribution in [3.63, 3.8) is 0 Å². The van der Waals surface area contributed by atoms with Gasteiger partial charge in [0.1, 0.15) is 6.04 Å². The zero-order valence-corrected chi connectivity index (χ0v) is 16.2. The lowest BCUT2D eigenvalue weighted by Gasteiger charge is -2.18. The summed E-state index contributed by atoms with van der Waals surface area (Å²) in [6, 6.07) is 2.31. The van der Waals surface area contributed by atoms with E-state index in [1.54, 1.807) is 6.07 Å². The molecule has 0 aliphatic carbocycles. The van der Waals surface area contributed by atoms with Gasteiger partial charge in [0.05, 0.1) is 14.2 Å². The Labute approximate surface area is 155 Å². The number of rotatable bonds is 9. The molecular formula is C17H22BrNO6. The predicted molar refractivity (Wildman–Crippen MR) is 95.0 cm³/mol. The fourth-order valence-corrected chi connectivity index (χ4v) is 2.54. The molecule has 1 aromatic carbocycles. The molecule has 138 valence electrons. The lowest BCUT2D eigenvalue weighted by atomic mass is 10.0. The van der Waals surface area contributed by atoms with Gasteiger partial charge in [-0.05, 0) is 40.4 Å². The van der Waals surface area contributed by atoms with Crippen molar-refractivity contribution in [3.05, 3.63) is 22.2 Å². The van der Waals surface area contributed by atoms with Crippen LogP contribution in [0.3, 0.4) is 0 Å². The number of aldehydes is 1. The molecule has 1 amide bonds. The summed E-state index contributed by atoms with van der Waals surface area (Å²) in [5.74, 6) is -0.161. The summed E-state index contributed by atoms with van der Waals surface area (Å²) >= 11 is 3.24. The first kappa shape index (κ1) is 21.0. The van der Waals surface area contributed by atoms with Gasteiger partial charge in [0, 0.05) is 10.0 Å². The molecule has 1 N–H and O–H groups in total. The minimum absolute atomic E-state index is 0.201. The van der Waals surface area contributed by atoms with E-state index in [0.717, 1.165) is 0 Å². The number of benzene rings is 1. The number of ether oxygens (including phenoxy) is 3. The standard InChI is InChI=1S/C17H22BrNO6/c1-10(2)5-13(17(22)24-4)19-16(21)9-25-15-6-11(8-20)12(18)7-14(15)23-3/h6-8,10,13H,5,9H2,1-4H3,(H,19,21)/t13-/m0/s1. The molecule has 0 unspecified atom stereocenters. The molecule has 1 aromatic rings. The Morgan fingerprint density at radius 2 is 1.92 bits per heavy atom. The number of nitrogens with one attached hydrogen (secondary N) is 1. The van der Waals surface area contributed by atoms with Crippen LogP contribution in [-0.4, -0.2) is 45.0 Å². The molecule has 0 spiro atoms. The summed E-state index contributed by atoms with van der Waals surface area (Å²) in [7, 11) is 2.72. The third-order valence-corrected chi connectivity index (χ3v) is 3.98. The highest BCUT2D eigenvalue weighted by atomic mass is 79.9. The van der Waals surface area contributed by atoms with Crippen LogP contribution in [-0.2, 0) is 14.3 Å². The van der Waals surface area contributed by atoms with E-state index in [4.69, 9.17) is 14.2 Å². The van der Waals surface area contributed by atoms with Crippen molar-refractivity contribution >= 4 is 34.1 Å². The van der Waals surface area contributed by atoms with Crippen LogP contribution in [0.5, 0.6) is 11.5 Å². The molecule has 25 heavy (non-hydrogen) atoms. The highest BCUT2D eigenvalue weighted by Crippen LogP contribution is 2.32. The second kappa shape index (κ2) is 10.0. The Hall–Kier alpha value is -2.09. The molecule has 1 atom stereocenters. The van der Waals surface area contributed by atoms with Crippen LogP contribution in [0.2, 0.25) is 0 Å². The third kappa shape index (κ3) is 6.38. The van der Waals surface area contributed by atoms with Crippen molar-refractivity contribution in [1.82, 2.24) is 5.32 Å². The Balaban J connectivity index is 2.78. The monoisotopic (exact) mass is 415 g/mol. The molecule has 0 radical (unpaired) electrons. The maximum Gasteiger partial charge on any atom is 0.328 e. The molecule has 7 nitrogen and oxygen atoms in total. The van der Waals surface area contributed by atoms with Crippen LogP contribution in [0.1, 0.15) is 30.6 Å². The van der Waals surface area contributed by atoms with Crippen LogP contribution >= 0.6 is 15.9 Å². The second-order valence-corrected chi connectivity index (χ2v) is 6.56. The molecule has 0 saturated carbocycles. The number of methoxy groups -OCH3 is 2. The van der Waals surface area contributed by atoms with Gasteiger partial charge in [0.25, 0.3) is 5.91 Å². The quantitative estimate of drug-likeness (QED) is 0.491. The fourth-order valence-electron chi connectivity index (χ4n) is 2.12. The first-order valence-corrected chi connectivity index (χ1v) is 8.44. The van der Waals surface area contributed by atoms with Gasteiger partial charge >= 0.3 is 5.97 Å². The van der Waals surface area contributed by atoms with Gasteiger partial charge in [-0.1, -0.05) is 13.8 Å². The number of hydrogen-bond donors (Lipinski definition) is 1. The number of esters is 1. The summed E-state index contributed by atoms with van der Waals surface area (Å²) in [6.07, 6.45) is 1.11. The first-order valence-electron chi connectivity index (χ1n) is 7.65. The van der Waals surface area contributed by atoms with Crippen molar-refractivity contribution in [2.75, 3.05) is 20.8 Å². The third-order valence-electron chi connectivity index (χ3n) is 3.30. The normalized spacial score (nSPS) is 11.6. The van der Waals surface area contributed by atoms with Gasteiger partial charge in [-0.25, -0.2) is 4.79 Å². The Morgan fingerprint density at radius 3 is 2.44 bits per heavy atom. The van der Waals surface area contributed by atoms with E-state index in [9.17, 15) is 14.4 Å². The van der Waals surface area contributed by atoms with Gasteiger partial charge in [-0.15, -0.1) is 0 Å². The minimum atomic E-state index is -0.738. The average Bonchev–Trinajstić information content (AvgIpc) is 2.58. The molecule has 0 saturated heterocycles. The largest absolute Gasteiger partial charge is 0.493 e. The lowest BCUT2D eigenvalue weighted by molar-refractivity contribution is -0.145. The van der Waals surface area contributed by atoms with Gasteiger partial charge in [-0.2, -0.15) is 0 Å². The average molecular weight is 416 g/mol. The number of hydrogen-bond acceptors (Lipinski definition) is 6. The van der Waals surface area contributed by atoms with Gasteiger partial charge in [0.2, 0.25) is 0 Å². The van der Waals surface area contributed by atoms with Crippen molar-refractivity contribution in [2.24, 2.45) is 5.92 Å². The first-order chi connectivity index (χ1) is 11.8. The molecular weight excluding hydrogens is 394 g/mol. The molecule has 0 fully saturated rings. The van der Waals surface area contributed by atoms with E-state index in [0.29, 0.717) is 28.5 Å². The summed E-state index contributed by atoms with van der Waals surface area (Å²) in [5.41, 5.74) is 0.364. The summed E-state index contributed by atoms with van der Waals surface area (Å²) in [6.45, 7) is 3.54. The van der Waals surface area contributed by atoms with Crippen LogP contribution in [0, 0.1) is 5.92 Å². The number of carbonyl (C=O) groups excluding carboxylic acids is 3. The highest BCUT2D eigenvalue weighted by molar-refractivity contribution is 9.10. The lowest BCUT2D eigenvalue weighted by Crippen LogP contribution is -2.44. The van der Waals surface area contributed by atoms with Gasteiger partial charge < -0.3 is 19.5 Å². The fraction of sp³-hybridized carbons (Fsp3) is 0.471. The molecule has 0 aliphatic heterocycles. The molecule has 0 aromatic heterocycles. The van der Waals surface area contributed by atoms with E-state index < -0.39 is 17.9 Å². The highest BCUT2D eigenvalue weighted by Gasteiger charge is 2.23. The second-order valence-electron chi connectivity index (χ2n) is 5.70. The van der Waals surface area contributed by atoms with Crippen LogP contribution in [0.4, 0.5) is 0 Å². The van der Waals surface area contributed by atoms with E-state index in [1.165, 1.54) is 20.3 Å².